The van der Waals surface area contributed by atoms with E-state index < -0.39 is 17.7 Å². The number of aromatic nitrogens is 3. The van der Waals surface area contributed by atoms with Crippen LogP contribution in [0.25, 0.3) is 10.3 Å². The monoisotopic (exact) mass is 526 g/mol. The fourth-order valence-electron chi connectivity index (χ4n) is 4.29. The smallest absolute Gasteiger partial charge is 0.410 e. The average Bonchev–Trinajstić information content (AvgIpc) is 3.51. The number of fused-ring (bicyclic) bond motifs is 1. The van der Waals surface area contributed by atoms with Crippen LogP contribution in [-0.2, 0) is 23.1 Å². The molecular weight excluding hydrogens is 492 g/mol. The summed E-state index contributed by atoms with van der Waals surface area (Å²) in [6.45, 7) is 8.33. The molecule has 1 aromatic carbocycles. The van der Waals surface area contributed by atoms with Gasteiger partial charge in [0.05, 0.1) is 6.04 Å². The highest BCUT2D eigenvalue weighted by Crippen LogP contribution is 2.32. The number of nitrogens with one attached hydrogen (secondary N) is 1. The maximum Gasteiger partial charge on any atom is 0.410 e. The van der Waals surface area contributed by atoms with E-state index in [0.717, 1.165) is 12.0 Å². The van der Waals surface area contributed by atoms with Gasteiger partial charge in [-0.3, -0.25) is 14.2 Å². The first kappa shape index (κ1) is 26.6. The van der Waals surface area contributed by atoms with E-state index in [4.69, 9.17) is 9.72 Å². The van der Waals surface area contributed by atoms with Crippen molar-refractivity contribution in [1.82, 2.24) is 24.8 Å². The van der Waals surface area contributed by atoms with Crippen LogP contribution in [0.5, 0.6) is 0 Å². The number of nitrogens with zero attached hydrogens (tertiary/aromatic N) is 5. The van der Waals surface area contributed by atoms with Crippen LogP contribution >= 0.6 is 11.3 Å². The predicted octanol–water partition coefficient (Wildman–Crippen LogP) is 3.60. The lowest BCUT2D eigenvalue weighted by molar-refractivity contribution is -0.122. The molecule has 0 spiro atoms. The van der Waals surface area contributed by atoms with Crippen LogP contribution in [0.3, 0.4) is 0 Å². The molecule has 37 heavy (non-hydrogen) atoms. The molecule has 0 aliphatic carbocycles. The molecular formula is C26H34N6O4S. The van der Waals surface area contributed by atoms with E-state index in [0.29, 0.717) is 35.3 Å². The second kappa shape index (κ2) is 10.5. The third kappa shape index (κ3) is 5.76. The molecule has 2 atom stereocenters. The summed E-state index contributed by atoms with van der Waals surface area (Å²) in [5.74, 6) is 0.370. The lowest BCUT2D eigenvalue weighted by Crippen LogP contribution is -2.43. The number of rotatable bonds is 6. The maximum atomic E-state index is 13.2. The Bertz CT molecular complexity index is 1350. The van der Waals surface area contributed by atoms with Crippen LogP contribution in [0.2, 0.25) is 0 Å². The second-order valence-electron chi connectivity index (χ2n) is 10.3. The summed E-state index contributed by atoms with van der Waals surface area (Å²) in [6, 6.07) is 8.91. The Morgan fingerprint density at radius 3 is 2.62 bits per heavy atom. The largest absolute Gasteiger partial charge is 0.444 e. The Kier molecular flexibility index (Phi) is 7.54. The van der Waals surface area contributed by atoms with Gasteiger partial charge in [0.2, 0.25) is 5.91 Å². The maximum absolute atomic E-state index is 13.2. The summed E-state index contributed by atoms with van der Waals surface area (Å²) in [5.41, 5.74) is 0.358. The summed E-state index contributed by atoms with van der Waals surface area (Å²) in [4.78, 5) is 52.0. The molecule has 0 bridgehead atoms. The van der Waals surface area contributed by atoms with E-state index >= 15 is 0 Å². The first-order valence-electron chi connectivity index (χ1n) is 12.4. The van der Waals surface area contributed by atoms with Gasteiger partial charge in [0.1, 0.15) is 17.5 Å². The molecule has 2 amide bonds. The van der Waals surface area contributed by atoms with Crippen LogP contribution in [0.4, 0.5) is 9.93 Å². The Hall–Kier alpha value is -3.47. The van der Waals surface area contributed by atoms with Crippen molar-refractivity contribution in [2.45, 2.75) is 64.8 Å². The van der Waals surface area contributed by atoms with E-state index in [1.807, 2.05) is 35.2 Å². The highest BCUT2D eigenvalue weighted by atomic mass is 32.1. The van der Waals surface area contributed by atoms with Crippen LogP contribution in [0, 0.1) is 0 Å². The van der Waals surface area contributed by atoms with Crippen molar-refractivity contribution in [3.63, 3.8) is 0 Å². The molecule has 1 aliphatic heterocycles. The molecule has 4 rings (SSSR count). The molecule has 10 nitrogen and oxygen atoms in total. The summed E-state index contributed by atoms with van der Waals surface area (Å²) in [7, 11) is 3.24. The first-order valence-corrected chi connectivity index (χ1v) is 13.2. The number of anilines is 1. The number of hydrogen-bond acceptors (Lipinski definition) is 8. The van der Waals surface area contributed by atoms with E-state index in [1.165, 1.54) is 20.8 Å². The molecule has 1 fully saturated rings. The molecule has 198 valence electrons. The summed E-state index contributed by atoms with van der Waals surface area (Å²) < 4.78 is 6.89. The van der Waals surface area contributed by atoms with Crippen LogP contribution in [0.1, 0.15) is 58.0 Å². The Balaban J connectivity index is 1.57. The minimum absolute atomic E-state index is 0.0604. The quantitative estimate of drug-likeness (QED) is 0.523. The Labute approximate surface area is 220 Å². The van der Waals surface area contributed by atoms with Crippen molar-refractivity contribution in [2.75, 3.05) is 18.5 Å². The van der Waals surface area contributed by atoms with Crippen molar-refractivity contribution >= 4 is 38.8 Å². The zero-order chi connectivity index (χ0) is 26.9. The van der Waals surface area contributed by atoms with Gasteiger partial charge in [-0.05, 0) is 46.1 Å². The van der Waals surface area contributed by atoms with Crippen molar-refractivity contribution in [1.29, 1.82) is 0 Å². The summed E-state index contributed by atoms with van der Waals surface area (Å²) in [6.07, 6.45) is 1.07. The Morgan fingerprint density at radius 1 is 1.24 bits per heavy atom. The number of carbonyl (C=O) groups excluding carboxylic acids is 2. The van der Waals surface area contributed by atoms with Crippen LogP contribution in [0.15, 0.2) is 35.1 Å². The molecule has 0 saturated carbocycles. The molecule has 2 aromatic heterocycles. The number of carbonyl (C=O) groups is 2. The molecule has 1 saturated heterocycles. The van der Waals surface area contributed by atoms with Crippen molar-refractivity contribution in [2.24, 2.45) is 7.05 Å². The predicted molar refractivity (Wildman–Crippen MR) is 144 cm³/mol. The standard InChI is InChI=1S/C26H34N6O4S/c1-16(30(5)25(35)36-26(2,3)4)20-29-22-19(23(34)31(20)6)28-24(37-22)32-14-10-13-18(32)21(33)27-15-17-11-8-7-9-12-17/h7-9,11-12,16,18H,10,13-15H2,1-6H3,(H,27,33)/t16-,18+/m0/s1. The highest BCUT2D eigenvalue weighted by molar-refractivity contribution is 7.21. The SMILES string of the molecule is C[C@@H](c1nc2sc(N3CCC[C@@H]3C(=O)NCc3ccccc3)nc2c(=O)n1C)N(C)C(=O)OC(C)(C)C. The van der Waals surface area contributed by atoms with Gasteiger partial charge in [0, 0.05) is 27.2 Å². The average molecular weight is 527 g/mol. The van der Waals surface area contributed by atoms with Gasteiger partial charge < -0.3 is 19.9 Å². The zero-order valence-electron chi connectivity index (χ0n) is 22.1. The number of thiazole rings is 1. The third-order valence-electron chi connectivity index (χ3n) is 6.41. The van der Waals surface area contributed by atoms with Crippen molar-refractivity contribution < 1.29 is 14.3 Å². The highest BCUT2D eigenvalue weighted by Gasteiger charge is 2.34. The fraction of sp³-hybridized carbons (Fsp3) is 0.500. The van der Waals surface area contributed by atoms with Gasteiger partial charge in [-0.25, -0.2) is 14.8 Å². The van der Waals surface area contributed by atoms with Gasteiger partial charge in [0.25, 0.3) is 5.56 Å². The summed E-state index contributed by atoms with van der Waals surface area (Å²) >= 11 is 1.29. The third-order valence-corrected chi connectivity index (χ3v) is 7.40. The second-order valence-corrected chi connectivity index (χ2v) is 11.3. The molecule has 11 heteroatoms. The topological polar surface area (TPSA) is 110 Å². The minimum Gasteiger partial charge on any atom is -0.444 e. The van der Waals surface area contributed by atoms with Gasteiger partial charge in [0.15, 0.2) is 15.5 Å². The molecule has 0 unspecified atom stereocenters. The molecule has 0 radical (unpaired) electrons. The normalized spacial score (nSPS) is 16.6. The summed E-state index contributed by atoms with van der Waals surface area (Å²) in [5, 5.41) is 3.62. The molecule has 3 aromatic rings. The van der Waals surface area contributed by atoms with Gasteiger partial charge in [-0.15, -0.1) is 0 Å². The van der Waals surface area contributed by atoms with E-state index in [2.05, 4.69) is 10.3 Å². The van der Waals surface area contributed by atoms with Gasteiger partial charge in [-0.1, -0.05) is 41.7 Å². The van der Waals surface area contributed by atoms with E-state index in [-0.39, 0.29) is 23.0 Å². The fourth-order valence-corrected chi connectivity index (χ4v) is 5.31. The lowest BCUT2D eigenvalue weighted by Gasteiger charge is -2.28. The van der Waals surface area contributed by atoms with Crippen molar-refractivity contribution in [3.8, 4) is 0 Å². The number of ether oxygens (including phenoxy) is 1. The number of hydrogen-bond donors (Lipinski definition) is 1. The van der Waals surface area contributed by atoms with E-state index in [1.54, 1.807) is 41.8 Å². The van der Waals surface area contributed by atoms with Gasteiger partial charge in [-0.2, -0.15) is 0 Å². The molecule has 1 aliphatic rings. The van der Waals surface area contributed by atoms with Crippen LogP contribution in [-0.4, -0.2) is 56.7 Å². The first-order chi connectivity index (χ1) is 17.5. The van der Waals surface area contributed by atoms with Gasteiger partial charge >= 0.3 is 6.09 Å². The molecule has 1 N–H and O–H groups in total. The van der Waals surface area contributed by atoms with Crippen molar-refractivity contribution in [3.05, 3.63) is 52.1 Å². The minimum atomic E-state index is -0.638. The number of benzene rings is 1. The van der Waals surface area contributed by atoms with E-state index in [9.17, 15) is 14.4 Å². The lowest BCUT2D eigenvalue weighted by atomic mass is 10.2. The zero-order valence-corrected chi connectivity index (χ0v) is 23.0. The van der Waals surface area contributed by atoms with Crippen LogP contribution < -0.4 is 15.8 Å². The number of amides is 2. The molecule has 3 heterocycles. The Morgan fingerprint density at radius 2 is 1.95 bits per heavy atom.